The molecule has 1 aliphatic carbocycles. The number of hydrogen-bond acceptors (Lipinski definition) is 6. The van der Waals surface area contributed by atoms with Crippen LogP contribution in [0.4, 0.5) is 5.13 Å². The molecule has 1 aliphatic rings. The van der Waals surface area contributed by atoms with E-state index in [1.165, 1.54) is 11.5 Å². The average Bonchev–Trinajstić information content (AvgIpc) is 3.08. The molecule has 0 unspecified atom stereocenters. The van der Waals surface area contributed by atoms with Crippen LogP contribution in [0.2, 0.25) is 0 Å². The van der Waals surface area contributed by atoms with E-state index >= 15 is 0 Å². The van der Waals surface area contributed by atoms with E-state index in [1.54, 1.807) is 0 Å². The van der Waals surface area contributed by atoms with Crippen LogP contribution in [-0.4, -0.2) is 29.6 Å². The summed E-state index contributed by atoms with van der Waals surface area (Å²) < 4.78 is 26.7. The third-order valence-electron chi connectivity index (χ3n) is 3.79. The van der Waals surface area contributed by atoms with Crippen LogP contribution in [0.1, 0.15) is 19.3 Å². The summed E-state index contributed by atoms with van der Waals surface area (Å²) in [5.41, 5.74) is 0.991. The van der Waals surface area contributed by atoms with Gasteiger partial charge in [-0.3, -0.25) is 0 Å². The van der Waals surface area contributed by atoms with E-state index in [0.717, 1.165) is 30.0 Å². The Bertz CT molecular complexity index is 730. The maximum Gasteiger partial charge on any atom is 0.209 e. The van der Waals surface area contributed by atoms with Gasteiger partial charge >= 0.3 is 0 Å². The zero-order valence-corrected chi connectivity index (χ0v) is 13.6. The molecule has 0 bridgehead atoms. The van der Waals surface area contributed by atoms with Crippen molar-refractivity contribution in [3.8, 4) is 11.4 Å². The topological polar surface area (TPSA) is 98.0 Å². The third kappa shape index (κ3) is 4.02. The van der Waals surface area contributed by atoms with E-state index in [9.17, 15) is 8.42 Å². The van der Waals surface area contributed by atoms with Crippen LogP contribution in [0, 0.1) is 5.92 Å². The van der Waals surface area contributed by atoms with Crippen molar-refractivity contribution in [2.45, 2.75) is 25.3 Å². The first-order chi connectivity index (χ1) is 10.5. The molecule has 3 rings (SSSR count). The van der Waals surface area contributed by atoms with Gasteiger partial charge in [0, 0.05) is 23.1 Å². The summed E-state index contributed by atoms with van der Waals surface area (Å²) in [6, 6.07) is 10.1. The predicted octanol–water partition coefficient (Wildman–Crippen LogP) is 2.07. The maximum atomic E-state index is 11.1. The summed E-state index contributed by atoms with van der Waals surface area (Å²) >= 11 is 1.33. The highest BCUT2D eigenvalue weighted by Gasteiger charge is 2.28. The predicted molar refractivity (Wildman–Crippen MR) is 88.1 cm³/mol. The molecule has 0 amide bonds. The molecular formula is C14H18N4O2S2. The number of nitrogens with one attached hydrogen (secondary N) is 1. The van der Waals surface area contributed by atoms with Crippen molar-refractivity contribution in [3.63, 3.8) is 0 Å². The van der Waals surface area contributed by atoms with Crippen molar-refractivity contribution in [2.75, 3.05) is 11.1 Å². The molecule has 0 radical (unpaired) electrons. The lowest BCUT2D eigenvalue weighted by atomic mass is 10.1. The zero-order valence-electron chi connectivity index (χ0n) is 12.0. The van der Waals surface area contributed by atoms with Crippen LogP contribution < -0.4 is 10.5 Å². The zero-order chi connectivity index (χ0) is 15.6. The minimum atomic E-state index is -3.39. The van der Waals surface area contributed by atoms with E-state index < -0.39 is 10.0 Å². The lowest BCUT2D eigenvalue weighted by Crippen LogP contribution is -2.23. The fraction of sp³-hybridized carbons (Fsp3) is 0.429. The SMILES string of the molecule is NS(=O)(=O)C[C@@H]1CC[C@H](Nc2nc(-c3ccccc3)ns2)C1. The lowest BCUT2D eigenvalue weighted by molar-refractivity contribution is 0.557. The summed E-state index contributed by atoms with van der Waals surface area (Å²) in [7, 11) is -3.39. The second kappa shape index (κ2) is 6.31. The number of nitrogens with two attached hydrogens (primary N) is 1. The van der Waals surface area contributed by atoms with Crippen molar-refractivity contribution in [1.82, 2.24) is 9.36 Å². The fourth-order valence-corrected chi connectivity index (χ4v) is 4.47. The number of rotatable bonds is 5. The number of hydrogen-bond donors (Lipinski definition) is 2. The molecule has 0 saturated heterocycles. The highest BCUT2D eigenvalue weighted by molar-refractivity contribution is 7.89. The molecule has 6 nitrogen and oxygen atoms in total. The molecule has 22 heavy (non-hydrogen) atoms. The van der Waals surface area contributed by atoms with E-state index in [-0.39, 0.29) is 17.7 Å². The first-order valence-corrected chi connectivity index (χ1v) is 9.64. The first-order valence-electron chi connectivity index (χ1n) is 7.16. The van der Waals surface area contributed by atoms with Crippen molar-refractivity contribution >= 4 is 26.7 Å². The molecular weight excluding hydrogens is 320 g/mol. The molecule has 1 aromatic heterocycles. The molecule has 3 N–H and O–H groups in total. The Morgan fingerprint density at radius 1 is 1.27 bits per heavy atom. The van der Waals surface area contributed by atoms with Gasteiger partial charge in [0.1, 0.15) is 0 Å². The summed E-state index contributed by atoms with van der Waals surface area (Å²) in [5.74, 6) is 0.914. The van der Waals surface area contributed by atoms with Crippen molar-refractivity contribution < 1.29 is 8.42 Å². The van der Waals surface area contributed by atoms with Gasteiger partial charge < -0.3 is 5.32 Å². The molecule has 1 aromatic carbocycles. The highest BCUT2D eigenvalue weighted by Crippen LogP contribution is 2.30. The molecule has 0 aliphatic heterocycles. The van der Waals surface area contributed by atoms with Crippen molar-refractivity contribution in [3.05, 3.63) is 30.3 Å². The number of anilines is 1. The van der Waals surface area contributed by atoms with Gasteiger partial charge in [-0.15, -0.1) is 0 Å². The normalized spacial score (nSPS) is 21.9. The number of sulfonamides is 1. The molecule has 1 fully saturated rings. The summed E-state index contributed by atoms with van der Waals surface area (Å²) in [6.45, 7) is 0. The molecule has 1 saturated carbocycles. The lowest BCUT2D eigenvalue weighted by Gasteiger charge is -2.11. The Morgan fingerprint density at radius 2 is 2.05 bits per heavy atom. The monoisotopic (exact) mass is 338 g/mol. The van der Waals surface area contributed by atoms with Gasteiger partial charge in [0.05, 0.1) is 5.75 Å². The Balaban J connectivity index is 1.60. The van der Waals surface area contributed by atoms with Crippen LogP contribution in [0.15, 0.2) is 30.3 Å². The molecule has 0 spiro atoms. The van der Waals surface area contributed by atoms with Crippen molar-refractivity contribution in [2.24, 2.45) is 11.1 Å². The van der Waals surface area contributed by atoms with E-state index in [2.05, 4.69) is 14.7 Å². The smallest absolute Gasteiger partial charge is 0.209 e. The number of benzene rings is 1. The molecule has 118 valence electrons. The molecule has 2 atom stereocenters. The maximum absolute atomic E-state index is 11.1. The number of primary sulfonamides is 1. The largest absolute Gasteiger partial charge is 0.358 e. The second-order valence-electron chi connectivity index (χ2n) is 5.64. The van der Waals surface area contributed by atoms with E-state index in [1.807, 2.05) is 30.3 Å². The van der Waals surface area contributed by atoms with Gasteiger partial charge in [0.2, 0.25) is 15.2 Å². The Hall–Kier alpha value is -1.51. The molecule has 2 aromatic rings. The van der Waals surface area contributed by atoms with Crippen molar-refractivity contribution in [1.29, 1.82) is 0 Å². The van der Waals surface area contributed by atoms with Gasteiger partial charge in [-0.1, -0.05) is 30.3 Å². The van der Waals surface area contributed by atoms with Crippen LogP contribution in [0.25, 0.3) is 11.4 Å². The van der Waals surface area contributed by atoms with Crippen LogP contribution >= 0.6 is 11.5 Å². The standard InChI is InChI=1S/C14H18N4O2S2/c15-22(19,20)9-10-6-7-12(8-10)16-14-17-13(18-21-14)11-4-2-1-3-5-11/h1-5,10,12H,6-9H2,(H2,15,19,20)(H,16,17,18)/t10-,12+/m1/s1. The van der Waals surface area contributed by atoms with Crippen LogP contribution in [-0.2, 0) is 10.0 Å². The minimum Gasteiger partial charge on any atom is -0.358 e. The van der Waals surface area contributed by atoms with Gasteiger partial charge in [-0.2, -0.15) is 9.36 Å². The molecule has 1 heterocycles. The third-order valence-corrected chi connectivity index (χ3v) is 5.38. The summed E-state index contributed by atoms with van der Waals surface area (Å²) in [6.07, 6.45) is 2.61. The van der Waals surface area contributed by atoms with Gasteiger partial charge in [-0.25, -0.2) is 13.6 Å². The number of aromatic nitrogens is 2. The Morgan fingerprint density at radius 3 is 2.77 bits per heavy atom. The van der Waals surface area contributed by atoms with E-state index in [0.29, 0.717) is 5.82 Å². The Kier molecular flexibility index (Phi) is 4.42. The first kappa shape index (κ1) is 15.4. The fourth-order valence-electron chi connectivity index (χ4n) is 2.85. The number of nitrogens with zero attached hydrogens (tertiary/aromatic N) is 2. The van der Waals surface area contributed by atoms with Gasteiger partial charge in [-0.05, 0) is 25.2 Å². The van der Waals surface area contributed by atoms with Gasteiger partial charge in [0.15, 0.2) is 5.82 Å². The summed E-state index contributed by atoms with van der Waals surface area (Å²) in [5, 5.41) is 9.25. The highest BCUT2D eigenvalue weighted by atomic mass is 32.2. The van der Waals surface area contributed by atoms with Crippen LogP contribution in [0.5, 0.6) is 0 Å². The molecule has 8 heteroatoms. The minimum absolute atomic E-state index is 0.0660. The Labute approximate surface area is 134 Å². The second-order valence-corrected chi connectivity index (χ2v) is 8.05. The van der Waals surface area contributed by atoms with E-state index in [4.69, 9.17) is 5.14 Å². The summed E-state index contributed by atoms with van der Waals surface area (Å²) in [4.78, 5) is 4.50. The van der Waals surface area contributed by atoms with Crippen LogP contribution in [0.3, 0.4) is 0 Å². The quantitative estimate of drug-likeness (QED) is 0.870. The average molecular weight is 338 g/mol. The van der Waals surface area contributed by atoms with Gasteiger partial charge in [0.25, 0.3) is 0 Å².